The zero-order valence-electron chi connectivity index (χ0n) is 17.5. The van der Waals surface area contributed by atoms with Crippen LogP contribution in [0, 0.1) is 5.53 Å². The molecule has 0 radical (unpaired) electrons. The summed E-state index contributed by atoms with van der Waals surface area (Å²) >= 11 is 0. The van der Waals surface area contributed by atoms with Crippen molar-refractivity contribution in [3.63, 3.8) is 0 Å². The molecule has 1 fully saturated rings. The first-order valence-electron chi connectivity index (χ1n) is 10.2. The number of carbonyl (C=O) groups is 1. The summed E-state index contributed by atoms with van der Waals surface area (Å²) in [7, 11) is 0. The summed E-state index contributed by atoms with van der Waals surface area (Å²) in [4.78, 5) is 23.1. The molecule has 168 valence electrons. The largest absolute Gasteiger partial charge is 0.458 e. The zero-order valence-corrected chi connectivity index (χ0v) is 17.5. The van der Waals surface area contributed by atoms with E-state index in [1.165, 1.54) is 11.3 Å². The van der Waals surface area contributed by atoms with Gasteiger partial charge in [0.2, 0.25) is 0 Å². The van der Waals surface area contributed by atoms with E-state index < -0.39 is 5.91 Å². The maximum absolute atomic E-state index is 11.8. The van der Waals surface area contributed by atoms with Gasteiger partial charge in [0.1, 0.15) is 6.26 Å². The number of ether oxygens (including phenoxy) is 1. The number of hydrogen-bond acceptors (Lipinski definition) is 10. The van der Waals surface area contributed by atoms with E-state index in [2.05, 4.69) is 20.1 Å². The van der Waals surface area contributed by atoms with Gasteiger partial charge < -0.3 is 14.1 Å². The molecule has 12 heteroatoms. The SMILES string of the molecule is N=NNC(=O)c1cc(-c2cnc(N(N)c3ccc(N4CCOCC4)cc3)c3nccn23)co1. The van der Waals surface area contributed by atoms with Crippen LogP contribution in [0.3, 0.4) is 0 Å². The molecule has 3 aromatic heterocycles. The molecule has 5 rings (SSSR count). The second-order valence-corrected chi connectivity index (χ2v) is 7.33. The summed E-state index contributed by atoms with van der Waals surface area (Å²) < 4.78 is 12.5. The maximum Gasteiger partial charge on any atom is 0.308 e. The van der Waals surface area contributed by atoms with Gasteiger partial charge in [-0.2, -0.15) is 5.53 Å². The van der Waals surface area contributed by atoms with Gasteiger partial charge in [-0.1, -0.05) is 5.22 Å². The van der Waals surface area contributed by atoms with Crippen molar-refractivity contribution in [1.29, 1.82) is 5.53 Å². The second kappa shape index (κ2) is 8.68. The minimum atomic E-state index is -0.614. The summed E-state index contributed by atoms with van der Waals surface area (Å²) in [6, 6.07) is 9.48. The van der Waals surface area contributed by atoms with Crippen LogP contribution in [0.2, 0.25) is 0 Å². The number of aromatic nitrogens is 3. The fraction of sp³-hybridized carbons (Fsp3) is 0.190. The van der Waals surface area contributed by atoms with Crippen LogP contribution in [0.4, 0.5) is 17.2 Å². The van der Waals surface area contributed by atoms with E-state index in [9.17, 15) is 4.79 Å². The van der Waals surface area contributed by atoms with Crippen LogP contribution in [0.15, 0.2) is 64.8 Å². The topological polar surface area (TPSA) is 150 Å². The van der Waals surface area contributed by atoms with Crippen molar-refractivity contribution in [3.8, 4) is 11.3 Å². The number of imidazole rings is 1. The van der Waals surface area contributed by atoms with Crippen LogP contribution in [-0.4, -0.2) is 46.6 Å². The maximum atomic E-state index is 11.8. The van der Waals surface area contributed by atoms with Crippen molar-refractivity contribution >= 4 is 28.7 Å². The molecule has 4 heterocycles. The third kappa shape index (κ3) is 3.88. The quantitative estimate of drug-likeness (QED) is 0.232. The number of carbonyl (C=O) groups excluding carboxylic acids is 1. The number of nitrogens with one attached hydrogen (secondary N) is 2. The Kier molecular flexibility index (Phi) is 5.42. The lowest BCUT2D eigenvalue weighted by Crippen LogP contribution is -2.36. The second-order valence-electron chi connectivity index (χ2n) is 7.33. The van der Waals surface area contributed by atoms with Crippen LogP contribution in [0.25, 0.3) is 16.9 Å². The summed E-state index contributed by atoms with van der Waals surface area (Å²) in [5.74, 6) is 6.30. The molecule has 0 atom stereocenters. The number of morpholine rings is 1. The molecule has 0 aliphatic carbocycles. The Morgan fingerprint density at radius 1 is 1.21 bits per heavy atom. The van der Waals surface area contributed by atoms with Crippen molar-refractivity contribution in [2.75, 3.05) is 36.2 Å². The molecular weight excluding hydrogens is 426 g/mol. The molecule has 12 nitrogen and oxygen atoms in total. The lowest BCUT2D eigenvalue weighted by Gasteiger charge is -2.29. The van der Waals surface area contributed by atoms with Gasteiger partial charge in [0.15, 0.2) is 17.2 Å². The molecule has 0 unspecified atom stereocenters. The molecule has 1 aliphatic rings. The van der Waals surface area contributed by atoms with Crippen molar-refractivity contribution in [2.45, 2.75) is 0 Å². The lowest BCUT2D eigenvalue weighted by molar-refractivity contribution is 0.0922. The van der Waals surface area contributed by atoms with Crippen molar-refractivity contribution in [3.05, 3.63) is 60.9 Å². The number of nitrogens with zero attached hydrogens (tertiary/aromatic N) is 6. The average Bonchev–Trinajstić information content (AvgIpc) is 3.54. The Balaban J connectivity index is 1.43. The Labute approximate surface area is 188 Å². The zero-order chi connectivity index (χ0) is 22.8. The summed E-state index contributed by atoms with van der Waals surface area (Å²) in [5.41, 5.74) is 12.5. The number of fused-ring (bicyclic) bond motifs is 1. The van der Waals surface area contributed by atoms with Crippen LogP contribution >= 0.6 is 0 Å². The van der Waals surface area contributed by atoms with E-state index in [0.717, 1.165) is 37.7 Å². The van der Waals surface area contributed by atoms with Gasteiger partial charge in [-0.15, -0.1) is 0 Å². The molecule has 1 aromatic carbocycles. The Morgan fingerprint density at radius 3 is 2.76 bits per heavy atom. The van der Waals surface area contributed by atoms with Gasteiger partial charge in [-0.05, 0) is 30.3 Å². The van der Waals surface area contributed by atoms with Gasteiger partial charge >= 0.3 is 5.91 Å². The van der Waals surface area contributed by atoms with E-state index in [1.54, 1.807) is 24.7 Å². The summed E-state index contributed by atoms with van der Waals surface area (Å²) in [5, 5.41) is 4.35. The molecule has 0 saturated carbocycles. The predicted molar refractivity (Wildman–Crippen MR) is 119 cm³/mol. The van der Waals surface area contributed by atoms with Crippen molar-refractivity contribution < 1.29 is 13.9 Å². The number of hydrazine groups is 1. The fourth-order valence-corrected chi connectivity index (χ4v) is 3.75. The highest BCUT2D eigenvalue weighted by Gasteiger charge is 2.19. The highest BCUT2D eigenvalue weighted by atomic mass is 16.5. The average molecular weight is 447 g/mol. The standard InChI is InChI=1S/C21H21N9O3/c22-27-26-21(31)18-11-14(13-33-18)17-12-25-20(19-24-5-6-29(17)19)30(23)16-3-1-15(2-4-16)28-7-9-32-10-8-28/h1-6,11-13H,7-10,23H2,(H2,22,26,31). The minimum Gasteiger partial charge on any atom is -0.458 e. The fourth-order valence-electron chi connectivity index (χ4n) is 3.75. The summed E-state index contributed by atoms with van der Waals surface area (Å²) in [6.45, 7) is 3.17. The highest BCUT2D eigenvalue weighted by molar-refractivity contribution is 5.92. The molecule has 4 aromatic rings. The van der Waals surface area contributed by atoms with Crippen molar-refractivity contribution in [2.24, 2.45) is 11.1 Å². The molecular formula is C21H21N9O3. The Hall–Kier alpha value is -4.29. The molecule has 1 saturated heterocycles. The molecule has 0 spiro atoms. The molecule has 1 amide bonds. The number of hydrogen-bond donors (Lipinski definition) is 3. The van der Waals surface area contributed by atoms with Gasteiger partial charge in [-0.3, -0.25) is 14.2 Å². The third-order valence-electron chi connectivity index (χ3n) is 5.42. The van der Waals surface area contributed by atoms with E-state index in [0.29, 0.717) is 22.7 Å². The number of furan rings is 1. The van der Waals surface area contributed by atoms with Gasteiger partial charge in [0, 0.05) is 36.7 Å². The molecule has 33 heavy (non-hydrogen) atoms. The van der Waals surface area contributed by atoms with Gasteiger partial charge in [0.25, 0.3) is 0 Å². The van der Waals surface area contributed by atoms with E-state index in [4.69, 9.17) is 20.5 Å². The first-order chi connectivity index (χ1) is 16.2. The number of benzene rings is 1. The normalized spacial score (nSPS) is 13.8. The van der Waals surface area contributed by atoms with Gasteiger partial charge in [-0.25, -0.2) is 21.2 Å². The van der Waals surface area contributed by atoms with Crippen molar-refractivity contribution in [1.82, 2.24) is 19.8 Å². The highest BCUT2D eigenvalue weighted by Crippen LogP contribution is 2.30. The van der Waals surface area contributed by atoms with Crippen LogP contribution < -0.4 is 21.2 Å². The lowest BCUT2D eigenvalue weighted by atomic mass is 10.2. The Morgan fingerprint density at radius 2 is 2.00 bits per heavy atom. The van der Waals surface area contributed by atoms with E-state index >= 15 is 0 Å². The number of amides is 1. The minimum absolute atomic E-state index is 0.0270. The Bertz CT molecular complexity index is 1290. The monoisotopic (exact) mass is 447 g/mol. The van der Waals surface area contributed by atoms with Crippen LogP contribution in [0.1, 0.15) is 10.6 Å². The number of rotatable bonds is 6. The first-order valence-corrected chi connectivity index (χ1v) is 10.2. The predicted octanol–water partition coefficient (Wildman–Crippen LogP) is 2.51. The first kappa shape index (κ1) is 20.6. The van der Waals surface area contributed by atoms with E-state index in [-0.39, 0.29) is 5.76 Å². The molecule has 4 N–H and O–H groups in total. The number of anilines is 3. The smallest absolute Gasteiger partial charge is 0.308 e. The third-order valence-corrected chi connectivity index (χ3v) is 5.42. The molecule has 1 aliphatic heterocycles. The van der Waals surface area contributed by atoms with E-state index in [1.807, 2.05) is 34.1 Å². The van der Waals surface area contributed by atoms with Gasteiger partial charge in [0.05, 0.1) is 30.8 Å². The van der Waals surface area contributed by atoms with Crippen LogP contribution in [0.5, 0.6) is 0 Å². The summed E-state index contributed by atoms with van der Waals surface area (Å²) in [6.07, 6.45) is 6.48. The molecule has 0 bridgehead atoms. The number of nitrogens with two attached hydrogens (primary N) is 1. The van der Waals surface area contributed by atoms with Crippen LogP contribution in [-0.2, 0) is 4.74 Å².